The molecule has 0 bridgehead atoms. The van der Waals surface area contributed by atoms with Gasteiger partial charge in [-0.3, -0.25) is 4.79 Å². The molecule has 1 aromatic carbocycles. The van der Waals surface area contributed by atoms with Crippen LogP contribution in [0.2, 0.25) is 0 Å². The van der Waals surface area contributed by atoms with Crippen LogP contribution in [0.4, 0.5) is 4.39 Å². The zero-order chi connectivity index (χ0) is 12.5. The normalized spacial score (nSPS) is 20.2. The molecule has 3 nitrogen and oxygen atoms in total. The standard InChI is InChI=1S/C13H12FNO2S/c14-9-1-2-11-8(5-9)6-12(17-11)13(16)10-7-18-4-3-15-10/h1-2,5-6,10,15H,3-4,7H2. The van der Waals surface area contributed by atoms with Gasteiger partial charge >= 0.3 is 0 Å². The van der Waals surface area contributed by atoms with Crippen molar-refractivity contribution >= 4 is 28.5 Å². The zero-order valence-electron chi connectivity index (χ0n) is 9.61. The van der Waals surface area contributed by atoms with Crippen molar-refractivity contribution in [2.45, 2.75) is 6.04 Å². The number of nitrogens with one attached hydrogen (secondary N) is 1. The average molecular weight is 265 g/mol. The Kier molecular flexibility index (Phi) is 3.09. The van der Waals surface area contributed by atoms with Gasteiger partial charge in [0.15, 0.2) is 5.76 Å². The quantitative estimate of drug-likeness (QED) is 0.847. The fourth-order valence-corrected chi connectivity index (χ4v) is 2.97. The number of rotatable bonds is 2. The van der Waals surface area contributed by atoms with Crippen molar-refractivity contribution in [3.05, 3.63) is 35.8 Å². The Bertz CT molecular complexity index is 590. The summed E-state index contributed by atoms with van der Waals surface area (Å²) < 4.78 is 18.5. The summed E-state index contributed by atoms with van der Waals surface area (Å²) in [4.78, 5) is 12.2. The fourth-order valence-electron chi connectivity index (χ4n) is 2.04. The molecule has 1 atom stereocenters. The second-order valence-corrected chi connectivity index (χ2v) is 5.39. The van der Waals surface area contributed by atoms with E-state index in [2.05, 4.69) is 5.32 Å². The number of halogens is 1. The number of hydrogen-bond acceptors (Lipinski definition) is 4. The van der Waals surface area contributed by atoms with Gasteiger partial charge in [0.2, 0.25) is 5.78 Å². The monoisotopic (exact) mass is 265 g/mol. The third kappa shape index (κ3) is 2.15. The Hall–Kier alpha value is -1.33. The van der Waals surface area contributed by atoms with Crippen LogP contribution in [0.3, 0.4) is 0 Å². The van der Waals surface area contributed by atoms with Crippen molar-refractivity contribution < 1.29 is 13.6 Å². The first-order valence-electron chi connectivity index (χ1n) is 5.78. The van der Waals surface area contributed by atoms with Crippen molar-refractivity contribution in [2.75, 3.05) is 18.1 Å². The summed E-state index contributed by atoms with van der Waals surface area (Å²) in [7, 11) is 0. The highest BCUT2D eigenvalue weighted by Crippen LogP contribution is 2.22. The zero-order valence-corrected chi connectivity index (χ0v) is 10.4. The van der Waals surface area contributed by atoms with Gasteiger partial charge in [0.25, 0.3) is 0 Å². The van der Waals surface area contributed by atoms with E-state index in [1.807, 2.05) is 0 Å². The number of fused-ring (bicyclic) bond motifs is 1. The fraction of sp³-hybridized carbons (Fsp3) is 0.308. The van der Waals surface area contributed by atoms with Crippen LogP contribution in [0.15, 0.2) is 28.7 Å². The van der Waals surface area contributed by atoms with Gasteiger partial charge in [0, 0.05) is 23.4 Å². The molecule has 0 radical (unpaired) electrons. The second kappa shape index (κ2) is 4.74. The van der Waals surface area contributed by atoms with Gasteiger partial charge < -0.3 is 9.73 Å². The minimum absolute atomic E-state index is 0.0567. The van der Waals surface area contributed by atoms with Gasteiger partial charge in [-0.05, 0) is 24.3 Å². The summed E-state index contributed by atoms with van der Waals surface area (Å²) in [6.45, 7) is 0.829. The summed E-state index contributed by atoms with van der Waals surface area (Å²) in [6, 6.07) is 5.66. The van der Waals surface area contributed by atoms with E-state index in [4.69, 9.17) is 4.42 Å². The molecule has 0 amide bonds. The largest absolute Gasteiger partial charge is 0.453 e. The van der Waals surface area contributed by atoms with Gasteiger partial charge in [-0.15, -0.1) is 0 Å². The van der Waals surface area contributed by atoms with Crippen LogP contribution in [-0.4, -0.2) is 29.9 Å². The summed E-state index contributed by atoms with van der Waals surface area (Å²) >= 11 is 1.75. The van der Waals surface area contributed by atoms with Crippen LogP contribution in [0.25, 0.3) is 11.0 Å². The number of carbonyl (C=O) groups is 1. The van der Waals surface area contributed by atoms with E-state index < -0.39 is 0 Å². The molecule has 0 aliphatic carbocycles. The van der Waals surface area contributed by atoms with E-state index in [1.165, 1.54) is 12.1 Å². The molecule has 1 saturated heterocycles. The summed E-state index contributed by atoms with van der Waals surface area (Å²) in [5.74, 6) is 1.70. The molecule has 94 valence electrons. The van der Waals surface area contributed by atoms with Gasteiger partial charge in [0.1, 0.15) is 11.4 Å². The minimum atomic E-state index is -0.325. The topological polar surface area (TPSA) is 42.2 Å². The lowest BCUT2D eigenvalue weighted by Gasteiger charge is -2.20. The highest BCUT2D eigenvalue weighted by molar-refractivity contribution is 7.99. The summed E-state index contributed by atoms with van der Waals surface area (Å²) in [5.41, 5.74) is 0.545. The lowest BCUT2D eigenvalue weighted by atomic mass is 10.1. The Morgan fingerprint density at radius 3 is 3.11 bits per heavy atom. The molecular formula is C13H12FNO2S. The van der Waals surface area contributed by atoms with Gasteiger partial charge in [-0.2, -0.15) is 11.8 Å². The van der Waals surface area contributed by atoms with Crippen molar-refractivity contribution in [3.63, 3.8) is 0 Å². The number of thioether (sulfide) groups is 1. The van der Waals surface area contributed by atoms with Crippen LogP contribution in [-0.2, 0) is 0 Å². The molecule has 3 rings (SSSR count). The average Bonchev–Trinajstić information content (AvgIpc) is 2.81. The van der Waals surface area contributed by atoms with E-state index >= 15 is 0 Å². The number of ketones is 1. The van der Waals surface area contributed by atoms with E-state index in [-0.39, 0.29) is 17.6 Å². The maximum Gasteiger partial charge on any atom is 0.215 e. The van der Waals surface area contributed by atoms with Crippen LogP contribution in [0, 0.1) is 5.82 Å². The van der Waals surface area contributed by atoms with E-state index in [0.29, 0.717) is 16.7 Å². The Labute approximate surface area is 108 Å². The third-order valence-electron chi connectivity index (χ3n) is 2.96. The minimum Gasteiger partial charge on any atom is -0.453 e. The van der Waals surface area contributed by atoms with Gasteiger partial charge in [-0.25, -0.2) is 4.39 Å². The number of hydrogen-bond donors (Lipinski definition) is 1. The molecule has 1 N–H and O–H groups in total. The van der Waals surface area contributed by atoms with Crippen molar-refractivity contribution in [2.24, 2.45) is 0 Å². The molecule has 18 heavy (non-hydrogen) atoms. The van der Waals surface area contributed by atoms with E-state index in [9.17, 15) is 9.18 Å². The highest BCUT2D eigenvalue weighted by Gasteiger charge is 2.25. The van der Waals surface area contributed by atoms with Crippen LogP contribution in [0.1, 0.15) is 10.6 Å². The maximum atomic E-state index is 13.1. The molecule has 1 aromatic heterocycles. The summed E-state index contributed by atoms with van der Waals surface area (Å²) in [6.07, 6.45) is 0. The van der Waals surface area contributed by atoms with Gasteiger partial charge in [-0.1, -0.05) is 0 Å². The molecule has 1 fully saturated rings. The first-order chi connectivity index (χ1) is 8.74. The molecular weight excluding hydrogens is 253 g/mol. The third-order valence-corrected chi connectivity index (χ3v) is 4.02. The van der Waals surface area contributed by atoms with E-state index in [1.54, 1.807) is 23.9 Å². The maximum absolute atomic E-state index is 13.1. The van der Waals surface area contributed by atoms with Crippen LogP contribution in [0.5, 0.6) is 0 Å². The molecule has 0 saturated carbocycles. The molecule has 1 unspecified atom stereocenters. The van der Waals surface area contributed by atoms with Crippen molar-refractivity contribution in [3.8, 4) is 0 Å². The highest BCUT2D eigenvalue weighted by atomic mass is 32.2. The molecule has 1 aliphatic heterocycles. The SMILES string of the molecule is O=C(c1cc2cc(F)ccc2o1)C1CSCCN1. The molecule has 5 heteroatoms. The van der Waals surface area contributed by atoms with Crippen molar-refractivity contribution in [1.82, 2.24) is 5.32 Å². The second-order valence-electron chi connectivity index (χ2n) is 4.24. The van der Waals surface area contributed by atoms with Crippen LogP contribution < -0.4 is 5.32 Å². The number of carbonyl (C=O) groups excluding carboxylic acids is 1. The Balaban J connectivity index is 1.91. The number of Topliss-reactive ketones (excluding diaryl/α,β-unsaturated/α-hetero) is 1. The molecule has 1 aliphatic rings. The molecule has 2 aromatic rings. The number of benzene rings is 1. The summed E-state index contributed by atoms with van der Waals surface area (Å²) in [5, 5.41) is 3.80. The lowest BCUT2D eigenvalue weighted by Crippen LogP contribution is -2.43. The smallest absolute Gasteiger partial charge is 0.215 e. The molecule has 2 heterocycles. The van der Waals surface area contributed by atoms with Crippen molar-refractivity contribution in [1.29, 1.82) is 0 Å². The first kappa shape index (κ1) is 11.7. The molecule has 0 spiro atoms. The lowest BCUT2D eigenvalue weighted by molar-refractivity contribution is 0.0927. The predicted molar refractivity (Wildman–Crippen MR) is 69.6 cm³/mol. The Morgan fingerprint density at radius 1 is 1.44 bits per heavy atom. The number of furan rings is 1. The first-order valence-corrected chi connectivity index (χ1v) is 6.94. The van der Waals surface area contributed by atoms with Gasteiger partial charge in [0.05, 0.1) is 6.04 Å². The Morgan fingerprint density at radius 2 is 2.33 bits per heavy atom. The predicted octanol–water partition coefficient (Wildman–Crippen LogP) is 2.46. The van der Waals surface area contributed by atoms with Crippen LogP contribution >= 0.6 is 11.8 Å². The van der Waals surface area contributed by atoms with E-state index in [0.717, 1.165) is 18.1 Å².